The number of rotatable bonds is 7. The first-order valence-corrected chi connectivity index (χ1v) is 5.77. The number of nitrogens with zero attached hydrogens (tertiary/aromatic N) is 1. The van der Waals surface area contributed by atoms with Gasteiger partial charge in [-0.05, 0) is 18.9 Å². The van der Waals surface area contributed by atoms with Gasteiger partial charge < -0.3 is 10.2 Å². The highest BCUT2D eigenvalue weighted by molar-refractivity contribution is 5.14. The monoisotopic (exact) mass is 223 g/mol. The van der Waals surface area contributed by atoms with Crippen LogP contribution in [-0.4, -0.2) is 40.9 Å². The summed E-state index contributed by atoms with van der Waals surface area (Å²) < 4.78 is 0. The van der Waals surface area contributed by atoms with Crippen molar-refractivity contribution in [2.45, 2.75) is 26.0 Å². The molecule has 0 saturated heterocycles. The Morgan fingerprint density at radius 2 is 1.88 bits per heavy atom. The Bertz CT molecular complexity index is 275. The average molecular weight is 223 g/mol. The van der Waals surface area contributed by atoms with Crippen molar-refractivity contribution < 1.29 is 10.2 Å². The van der Waals surface area contributed by atoms with Crippen LogP contribution in [0.4, 0.5) is 0 Å². The van der Waals surface area contributed by atoms with Crippen molar-refractivity contribution in [3.63, 3.8) is 0 Å². The lowest BCUT2D eigenvalue weighted by Gasteiger charge is -2.22. The second-order valence-corrected chi connectivity index (χ2v) is 4.12. The summed E-state index contributed by atoms with van der Waals surface area (Å²) in [4.78, 5) is 2.15. The van der Waals surface area contributed by atoms with Crippen LogP contribution in [-0.2, 0) is 6.54 Å². The summed E-state index contributed by atoms with van der Waals surface area (Å²) in [6.45, 7) is 4.25. The standard InChI is InChI=1S/C13H21NO2/c1-12(16)7-8-14(9-10-15)11-13-5-3-2-4-6-13/h2-6,12,15-16H,7-11H2,1H3. The maximum Gasteiger partial charge on any atom is 0.0558 e. The van der Waals surface area contributed by atoms with E-state index in [1.165, 1.54) is 5.56 Å². The minimum absolute atomic E-state index is 0.159. The topological polar surface area (TPSA) is 43.7 Å². The molecule has 0 saturated carbocycles. The maximum atomic E-state index is 9.25. The van der Waals surface area contributed by atoms with E-state index in [4.69, 9.17) is 5.11 Å². The van der Waals surface area contributed by atoms with Crippen molar-refractivity contribution in [3.8, 4) is 0 Å². The van der Waals surface area contributed by atoms with Crippen molar-refractivity contribution in [1.82, 2.24) is 4.90 Å². The summed E-state index contributed by atoms with van der Waals surface area (Å²) in [5.74, 6) is 0. The minimum Gasteiger partial charge on any atom is -0.395 e. The molecule has 1 unspecified atom stereocenters. The van der Waals surface area contributed by atoms with Gasteiger partial charge in [0.1, 0.15) is 0 Å². The molecule has 0 aliphatic heterocycles. The first-order valence-electron chi connectivity index (χ1n) is 5.77. The Kier molecular flexibility index (Phi) is 6.08. The lowest BCUT2D eigenvalue weighted by atomic mass is 10.2. The molecule has 0 aliphatic rings. The van der Waals surface area contributed by atoms with Crippen LogP contribution >= 0.6 is 0 Å². The maximum absolute atomic E-state index is 9.25. The molecule has 16 heavy (non-hydrogen) atoms. The number of aliphatic hydroxyl groups is 2. The molecule has 0 spiro atoms. The average Bonchev–Trinajstić information content (AvgIpc) is 2.27. The Hall–Kier alpha value is -0.900. The molecular formula is C13H21NO2. The second-order valence-electron chi connectivity index (χ2n) is 4.12. The summed E-state index contributed by atoms with van der Waals surface area (Å²) >= 11 is 0. The molecule has 1 atom stereocenters. The predicted molar refractivity (Wildman–Crippen MR) is 65.1 cm³/mol. The van der Waals surface area contributed by atoms with E-state index in [0.717, 1.165) is 19.5 Å². The summed E-state index contributed by atoms with van der Waals surface area (Å²) in [6, 6.07) is 10.2. The van der Waals surface area contributed by atoms with Crippen molar-refractivity contribution in [2.75, 3.05) is 19.7 Å². The van der Waals surface area contributed by atoms with Gasteiger partial charge in [-0.15, -0.1) is 0 Å². The van der Waals surface area contributed by atoms with Gasteiger partial charge in [-0.25, -0.2) is 0 Å². The first-order chi connectivity index (χ1) is 7.72. The third kappa shape index (κ3) is 5.26. The number of hydrogen-bond donors (Lipinski definition) is 2. The van der Waals surface area contributed by atoms with Crippen LogP contribution in [0.5, 0.6) is 0 Å². The molecule has 0 fully saturated rings. The van der Waals surface area contributed by atoms with Gasteiger partial charge in [0.15, 0.2) is 0 Å². The van der Waals surface area contributed by atoms with Gasteiger partial charge >= 0.3 is 0 Å². The van der Waals surface area contributed by atoms with Crippen molar-refractivity contribution in [3.05, 3.63) is 35.9 Å². The number of aliphatic hydroxyl groups excluding tert-OH is 2. The summed E-state index contributed by atoms with van der Waals surface area (Å²) in [5.41, 5.74) is 1.24. The summed E-state index contributed by atoms with van der Waals surface area (Å²) in [6.07, 6.45) is 0.462. The predicted octanol–water partition coefficient (Wildman–Crippen LogP) is 1.25. The molecule has 0 radical (unpaired) electrons. The van der Waals surface area contributed by atoms with Gasteiger partial charge in [0, 0.05) is 19.6 Å². The molecule has 3 nitrogen and oxygen atoms in total. The molecule has 0 heterocycles. The smallest absolute Gasteiger partial charge is 0.0558 e. The number of hydrogen-bond acceptors (Lipinski definition) is 3. The van der Waals surface area contributed by atoms with Gasteiger partial charge in [0.2, 0.25) is 0 Å². The lowest BCUT2D eigenvalue weighted by Crippen LogP contribution is -2.29. The fourth-order valence-electron chi connectivity index (χ4n) is 1.62. The van der Waals surface area contributed by atoms with Gasteiger partial charge in [0.25, 0.3) is 0 Å². The van der Waals surface area contributed by atoms with Gasteiger partial charge in [0.05, 0.1) is 12.7 Å². The molecule has 1 aromatic rings. The van der Waals surface area contributed by atoms with E-state index in [0.29, 0.717) is 6.54 Å². The third-order valence-electron chi connectivity index (χ3n) is 2.53. The molecule has 0 amide bonds. The van der Waals surface area contributed by atoms with Crippen LogP contribution < -0.4 is 0 Å². The highest BCUT2D eigenvalue weighted by Crippen LogP contribution is 2.05. The zero-order chi connectivity index (χ0) is 11.8. The number of benzene rings is 1. The van der Waals surface area contributed by atoms with Gasteiger partial charge in [-0.3, -0.25) is 4.90 Å². The fourth-order valence-corrected chi connectivity index (χ4v) is 1.62. The molecule has 2 N–H and O–H groups in total. The first kappa shape index (κ1) is 13.2. The molecule has 0 aromatic heterocycles. The van der Waals surface area contributed by atoms with E-state index in [9.17, 15) is 5.11 Å². The third-order valence-corrected chi connectivity index (χ3v) is 2.53. The molecule has 90 valence electrons. The van der Waals surface area contributed by atoms with Crippen molar-refractivity contribution >= 4 is 0 Å². The second kappa shape index (κ2) is 7.39. The molecule has 1 rings (SSSR count). The Morgan fingerprint density at radius 3 is 2.44 bits per heavy atom. The summed E-state index contributed by atoms with van der Waals surface area (Å²) in [7, 11) is 0. The molecule has 3 heteroatoms. The summed E-state index contributed by atoms with van der Waals surface area (Å²) in [5, 5.41) is 18.2. The Balaban J connectivity index is 2.44. The molecule has 1 aromatic carbocycles. The Morgan fingerprint density at radius 1 is 1.19 bits per heavy atom. The zero-order valence-electron chi connectivity index (χ0n) is 9.84. The van der Waals surface area contributed by atoms with E-state index in [1.54, 1.807) is 6.92 Å². The van der Waals surface area contributed by atoms with Crippen LogP contribution in [0, 0.1) is 0 Å². The van der Waals surface area contributed by atoms with Crippen LogP contribution in [0.3, 0.4) is 0 Å². The highest BCUT2D eigenvalue weighted by atomic mass is 16.3. The molecule has 0 aliphatic carbocycles. The van der Waals surface area contributed by atoms with E-state index in [-0.39, 0.29) is 12.7 Å². The normalized spacial score (nSPS) is 13.0. The molecular weight excluding hydrogens is 202 g/mol. The van der Waals surface area contributed by atoms with Crippen LogP contribution in [0.2, 0.25) is 0 Å². The van der Waals surface area contributed by atoms with E-state index >= 15 is 0 Å². The van der Waals surface area contributed by atoms with E-state index in [2.05, 4.69) is 17.0 Å². The fraction of sp³-hybridized carbons (Fsp3) is 0.538. The quantitative estimate of drug-likeness (QED) is 0.731. The molecule has 0 bridgehead atoms. The van der Waals surface area contributed by atoms with Crippen molar-refractivity contribution in [1.29, 1.82) is 0 Å². The zero-order valence-corrected chi connectivity index (χ0v) is 9.84. The van der Waals surface area contributed by atoms with Crippen LogP contribution in [0.15, 0.2) is 30.3 Å². The highest BCUT2D eigenvalue weighted by Gasteiger charge is 2.06. The van der Waals surface area contributed by atoms with Crippen molar-refractivity contribution in [2.24, 2.45) is 0 Å². The van der Waals surface area contributed by atoms with Gasteiger partial charge in [-0.2, -0.15) is 0 Å². The van der Waals surface area contributed by atoms with Crippen LogP contribution in [0.25, 0.3) is 0 Å². The largest absolute Gasteiger partial charge is 0.395 e. The van der Waals surface area contributed by atoms with Crippen LogP contribution in [0.1, 0.15) is 18.9 Å². The lowest BCUT2D eigenvalue weighted by molar-refractivity contribution is 0.138. The van der Waals surface area contributed by atoms with E-state index < -0.39 is 0 Å². The van der Waals surface area contributed by atoms with Gasteiger partial charge in [-0.1, -0.05) is 30.3 Å². The minimum atomic E-state index is -0.281. The van der Waals surface area contributed by atoms with E-state index in [1.807, 2.05) is 18.2 Å². The SMILES string of the molecule is CC(O)CCN(CCO)Cc1ccccc1. The Labute approximate surface area is 97.3 Å².